The Labute approximate surface area is 408 Å². The predicted molar refractivity (Wildman–Crippen MR) is 269 cm³/mol. The number of hydrogen-bond acceptors (Lipinski definition) is 3. The fourth-order valence-electron chi connectivity index (χ4n) is 9.09. The maximum atomic E-state index is 5.82. The molecule has 5 aromatic carbocycles. The molecular formula is C61H63IrN4. The number of aromatic nitrogens is 4. The quantitative estimate of drug-likeness (QED) is 0.121. The molecule has 336 valence electrons. The molecule has 66 heavy (non-hydrogen) atoms. The normalized spacial score (nSPS) is 13.8. The molecule has 4 nitrogen and oxygen atoms in total. The summed E-state index contributed by atoms with van der Waals surface area (Å²) in [7, 11) is 0. The molecule has 0 saturated heterocycles. The van der Waals surface area contributed by atoms with Crippen molar-refractivity contribution < 1.29 is 20.1 Å². The molecule has 3 aromatic heterocycles. The second-order valence-corrected chi connectivity index (χ2v) is 20.6. The van der Waals surface area contributed by atoms with Crippen LogP contribution in [0.5, 0.6) is 0 Å². The Morgan fingerprint density at radius 3 is 1.50 bits per heavy atom. The van der Waals surface area contributed by atoms with Crippen LogP contribution in [0.4, 0.5) is 0 Å². The summed E-state index contributed by atoms with van der Waals surface area (Å²) in [5.74, 6) is 1.22. The second-order valence-electron chi connectivity index (χ2n) is 20.6. The number of hydrogen-bond donors (Lipinski definition) is 0. The van der Waals surface area contributed by atoms with Gasteiger partial charge in [-0.25, -0.2) is 0 Å². The van der Waals surface area contributed by atoms with Crippen molar-refractivity contribution >= 4 is 0 Å². The van der Waals surface area contributed by atoms with E-state index in [9.17, 15) is 0 Å². The number of imidazole rings is 1. The molecular weight excluding hydrogens is 981 g/mol. The molecule has 8 rings (SSSR count). The van der Waals surface area contributed by atoms with Crippen LogP contribution in [0, 0.1) is 18.2 Å². The van der Waals surface area contributed by atoms with Gasteiger partial charge < -0.3 is 4.57 Å². The van der Waals surface area contributed by atoms with E-state index in [-0.39, 0.29) is 42.8 Å². The fraction of sp³-hybridized carbons (Fsp3) is 0.295. The number of benzene rings is 5. The number of rotatable bonds is 11. The first-order valence-corrected chi connectivity index (χ1v) is 23.2. The van der Waals surface area contributed by atoms with E-state index in [0.29, 0.717) is 0 Å². The van der Waals surface area contributed by atoms with Gasteiger partial charge in [-0.2, -0.15) is 60.7 Å². The molecule has 8 aromatic rings. The molecule has 0 N–H and O–H groups in total. The molecule has 0 aliphatic rings. The average molecular weight is 1040 g/mol. The Morgan fingerprint density at radius 1 is 0.500 bits per heavy atom. The molecule has 0 fully saturated rings. The van der Waals surface area contributed by atoms with Crippen LogP contribution in [0.25, 0.3) is 28.2 Å². The van der Waals surface area contributed by atoms with Gasteiger partial charge >= 0.3 is 20.1 Å². The second kappa shape index (κ2) is 18.9. The van der Waals surface area contributed by atoms with Crippen LogP contribution in [-0.2, 0) is 41.8 Å². The van der Waals surface area contributed by atoms with Crippen LogP contribution >= 0.6 is 0 Å². The summed E-state index contributed by atoms with van der Waals surface area (Å²) >= 11 is 0. The standard InChI is InChI=1S/C61H63N4.Ir/c1-41(2)51-36-45(43-23-16-13-17-24-43)37-52(42(3)4)56(51)65-40-55(61(12,47-28-20-15-21-29-47)54-39-49(32-34-63-54)59(8,9)10)64-57(65)44-25-22-30-50(35-44)60(11,46-26-18-14-19-27-46)53-38-48(31-33-62-53)58(5,6)7;/h13-26,28,30-34,36-42H,1-12H3;/q-3;+3/t60?,61-;/m1./s1. The minimum absolute atomic E-state index is 0. The number of nitrogens with zero attached hydrogens (tertiary/aromatic N) is 4. The summed E-state index contributed by atoms with van der Waals surface area (Å²) in [6.07, 6.45) is 6.17. The zero-order valence-electron chi connectivity index (χ0n) is 40.7. The van der Waals surface area contributed by atoms with E-state index in [1.165, 1.54) is 33.4 Å². The van der Waals surface area contributed by atoms with Crippen molar-refractivity contribution in [1.82, 2.24) is 19.5 Å². The van der Waals surface area contributed by atoms with Gasteiger partial charge in [0.25, 0.3) is 0 Å². The summed E-state index contributed by atoms with van der Waals surface area (Å²) < 4.78 is 2.36. The number of pyridine rings is 2. The van der Waals surface area contributed by atoms with E-state index < -0.39 is 10.8 Å². The predicted octanol–water partition coefficient (Wildman–Crippen LogP) is 14.9. The maximum absolute atomic E-state index is 5.82. The fourth-order valence-corrected chi connectivity index (χ4v) is 9.09. The van der Waals surface area contributed by atoms with Gasteiger partial charge in [0, 0.05) is 29.7 Å². The third kappa shape index (κ3) is 9.18. The van der Waals surface area contributed by atoms with Crippen molar-refractivity contribution in [3.05, 3.63) is 226 Å². The Bertz CT molecular complexity index is 2890. The Kier molecular flexibility index (Phi) is 13.8. The summed E-state index contributed by atoms with van der Waals surface area (Å²) in [5.41, 5.74) is 13.5. The molecule has 2 atom stereocenters. The van der Waals surface area contributed by atoms with Crippen LogP contribution in [0.3, 0.4) is 0 Å². The molecule has 0 spiro atoms. The van der Waals surface area contributed by atoms with Crippen LogP contribution in [0.15, 0.2) is 152 Å². The van der Waals surface area contributed by atoms with Gasteiger partial charge in [0.05, 0.1) is 28.3 Å². The van der Waals surface area contributed by atoms with E-state index in [0.717, 1.165) is 50.8 Å². The molecule has 0 aliphatic heterocycles. The molecule has 3 heterocycles. The van der Waals surface area contributed by atoms with E-state index in [1.54, 1.807) is 0 Å². The molecule has 0 amide bonds. The van der Waals surface area contributed by atoms with Gasteiger partial charge in [-0.1, -0.05) is 99.6 Å². The largest absolute Gasteiger partial charge is 3.00 e. The van der Waals surface area contributed by atoms with Crippen molar-refractivity contribution in [2.24, 2.45) is 0 Å². The molecule has 0 bridgehead atoms. The van der Waals surface area contributed by atoms with Gasteiger partial charge in [0.2, 0.25) is 0 Å². The third-order valence-corrected chi connectivity index (χ3v) is 13.3. The first-order chi connectivity index (χ1) is 30.9. The van der Waals surface area contributed by atoms with Crippen molar-refractivity contribution in [3.63, 3.8) is 0 Å². The first kappa shape index (κ1) is 48.2. The van der Waals surface area contributed by atoms with Gasteiger partial charge in [-0.3, -0.25) is 15.0 Å². The van der Waals surface area contributed by atoms with E-state index in [1.807, 2.05) is 36.7 Å². The Balaban J connectivity index is 0.00000648. The zero-order chi connectivity index (χ0) is 46.3. The van der Waals surface area contributed by atoms with E-state index >= 15 is 0 Å². The molecule has 0 saturated carbocycles. The van der Waals surface area contributed by atoms with Gasteiger partial charge in [0.15, 0.2) is 0 Å². The molecule has 0 aliphatic carbocycles. The molecule has 1 unspecified atom stereocenters. The minimum atomic E-state index is -0.773. The van der Waals surface area contributed by atoms with Crippen LogP contribution < -0.4 is 0 Å². The summed E-state index contributed by atoms with van der Waals surface area (Å²) in [5, 5.41) is 0. The molecule has 0 radical (unpaired) electrons. The van der Waals surface area contributed by atoms with E-state index in [2.05, 4.69) is 221 Å². The van der Waals surface area contributed by atoms with Gasteiger partial charge in [0.1, 0.15) is 0 Å². The Morgan fingerprint density at radius 2 is 1.00 bits per heavy atom. The third-order valence-electron chi connectivity index (χ3n) is 13.3. The van der Waals surface area contributed by atoms with Gasteiger partial charge in [-0.05, 0) is 106 Å². The van der Waals surface area contributed by atoms with E-state index in [4.69, 9.17) is 15.0 Å². The monoisotopic (exact) mass is 1040 g/mol. The molecule has 5 heteroatoms. The summed E-state index contributed by atoms with van der Waals surface area (Å²) in [6, 6.07) is 58.6. The SMILES string of the molecule is CC(C)c1cc(-c2ccccc2)cc(C(C)C)c1-n1cc([C@](C)(c2[c-]cccc2)c2cc(C(C)(C)C)ccn2)nc1-c1[c-]c(C(C)(c2[c-]cccc2)c2cc(C(C)(C)C)ccn2)ccc1.[Ir+3]. The first-order valence-electron chi connectivity index (χ1n) is 23.2. The van der Waals surface area contributed by atoms with Crippen molar-refractivity contribution in [3.8, 4) is 28.2 Å². The van der Waals surface area contributed by atoms with Crippen LogP contribution in [0.1, 0.15) is 151 Å². The minimum Gasteiger partial charge on any atom is -0.339 e. The smallest absolute Gasteiger partial charge is 0.339 e. The van der Waals surface area contributed by atoms with Crippen molar-refractivity contribution in [2.45, 2.75) is 117 Å². The van der Waals surface area contributed by atoms with Crippen LogP contribution in [-0.4, -0.2) is 19.5 Å². The van der Waals surface area contributed by atoms with Crippen molar-refractivity contribution in [2.75, 3.05) is 0 Å². The van der Waals surface area contributed by atoms with Gasteiger partial charge in [-0.15, -0.1) is 46.5 Å². The summed E-state index contributed by atoms with van der Waals surface area (Å²) in [4.78, 5) is 16.1. The topological polar surface area (TPSA) is 43.6 Å². The summed E-state index contributed by atoms with van der Waals surface area (Å²) in [6.45, 7) is 27.2. The maximum Gasteiger partial charge on any atom is 3.00 e. The average Bonchev–Trinajstić information content (AvgIpc) is 3.77. The van der Waals surface area contributed by atoms with Crippen molar-refractivity contribution in [1.29, 1.82) is 0 Å². The van der Waals surface area contributed by atoms with Crippen LogP contribution in [0.2, 0.25) is 0 Å². The Hall–Kier alpha value is -5.74. The zero-order valence-corrected chi connectivity index (χ0v) is 43.1.